The number of benzene rings is 1. The van der Waals surface area contributed by atoms with E-state index in [1.54, 1.807) is 24.3 Å². The van der Waals surface area contributed by atoms with E-state index in [0.717, 1.165) is 0 Å². The molecule has 1 atom stereocenters. The fourth-order valence-corrected chi connectivity index (χ4v) is 1.95. The third kappa shape index (κ3) is 6.47. The zero-order valence-corrected chi connectivity index (χ0v) is 12.1. The normalized spacial score (nSPS) is 11.1. The summed E-state index contributed by atoms with van der Waals surface area (Å²) in [5.74, 6) is 0.215. The van der Waals surface area contributed by atoms with E-state index in [0.29, 0.717) is 17.2 Å². The summed E-state index contributed by atoms with van der Waals surface area (Å²) in [6, 6.07) is 8.26. The number of thioether (sulfide) groups is 1. The molecule has 0 aromatic heterocycles. The molecule has 106 valence electrons. The lowest BCUT2D eigenvalue weighted by Crippen LogP contribution is -2.34. The molecule has 3 N–H and O–H groups in total. The van der Waals surface area contributed by atoms with Crippen molar-refractivity contribution in [3.8, 4) is 0 Å². The highest BCUT2D eigenvalue weighted by Crippen LogP contribution is 2.03. The number of methoxy groups -OCH3 is 1. The predicted molar refractivity (Wildman–Crippen MR) is 78.5 cm³/mol. The van der Waals surface area contributed by atoms with Crippen LogP contribution in [-0.2, 0) is 9.53 Å². The lowest BCUT2D eigenvalue weighted by molar-refractivity contribution is -0.141. The lowest BCUT2D eigenvalue weighted by atomic mass is 10.2. The number of halogens is 1. The zero-order valence-electron chi connectivity index (χ0n) is 10.5. The number of amides is 1. The van der Waals surface area contributed by atoms with E-state index in [-0.39, 0.29) is 18.3 Å². The molecule has 0 spiro atoms. The van der Waals surface area contributed by atoms with E-state index in [2.05, 4.69) is 10.1 Å². The molecule has 19 heavy (non-hydrogen) atoms. The van der Waals surface area contributed by atoms with E-state index in [1.807, 2.05) is 6.07 Å². The summed E-state index contributed by atoms with van der Waals surface area (Å²) in [6.45, 7) is 0. The zero-order chi connectivity index (χ0) is 13.4. The third-order valence-corrected chi connectivity index (χ3v) is 3.12. The highest BCUT2D eigenvalue weighted by molar-refractivity contribution is 7.99. The van der Waals surface area contributed by atoms with Crippen molar-refractivity contribution in [2.24, 2.45) is 5.73 Å². The standard InChI is InChI=1S/C12H16N2O3S.ClH/c1-17-12(16)10(13)7-18-8-14-11(15)9-5-3-2-4-6-9;/h2-6,10H,7-8,13H2,1H3,(H,14,15);1H/t10-;/m0./s1. The molecule has 0 fully saturated rings. The summed E-state index contributed by atoms with van der Waals surface area (Å²) >= 11 is 1.37. The second-order valence-electron chi connectivity index (χ2n) is 3.52. The molecule has 0 aliphatic heterocycles. The maximum Gasteiger partial charge on any atom is 0.323 e. The van der Waals surface area contributed by atoms with Gasteiger partial charge < -0.3 is 15.8 Å². The third-order valence-electron chi connectivity index (χ3n) is 2.17. The Morgan fingerprint density at radius 2 is 2.00 bits per heavy atom. The van der Waals surface area contributed by atoms with Crippen LogP contribution in [0.4, 0.5) is 0 Å². The first-order chi connectivity index (χ1) is 8.65. The Kier molecular flexibility index (Phi) is 9.03. The predicted octanol–water partition coefficient (Wildman–Crippen LogP) is 1.03. The molecule has 0 bridgehead atoms. The van der Waals surface area contributed by atoms with E-state index in [9.17, 15) is 9.59 Å². The van der Waals surface area contributed by atoms with E-state index in [1.165, 1.54) is 18.9 Å². The Bertz CT molecular complexity index is 403. The number of nitrogens with one attached hydrogen (secondary N) is 1. The van der Waals surface area contributed by atoms with Gasteiger partial charge in [0, 0.05) is 11.3 Å². The summed E-state index contributed by atoms with van der Waals surface area (Å²) in [6.07, 6.45) is 0. The summed E-state index contributed by atoms with van der Waals surface area (Å²) in [5, 5.41) is 2.73. The van der Waals surface area contributed by atoms with Gasteiger partial charge in [0.2, 0.25) is 0 Å². The second-order valence-corrected chi connectivity index (χ2v) is 4.55. The molecule has 0 aliphatic carbocycles. The monoisotopic (exact) mass is 304 g/mol. The Balaban J connectivity index is 0.00000324. The molecule has 1 aromatic carbocycles. The van der Waals surface area contributed by atoms with Crippen molar-refractivity contribution in [2.75, 3.05) is 18.7 Å². The molecular weight excluding hydrogens is 288 g/mol. The molecule has 0 aliphatic rings. The molecule has 0 saturated carbocycles. The van der Waals surface area contributed by atoms with Gasteiger partial charge in [0.05, 0.1) is 13.0 Å². The van der Waals surface area contributed by atoms with Gasteiger partial charge in [-0.3, -0.25) is 9.59 Å². The van der Waals surface area contributed by atoms with Crippen molar-refractivity contribution < 1.29 is 14.3 Å². The van der Waals surface area contributed by atoms with Crippen LogP contribution in [-0.4, -0.2) is 36.7 Å². The molecule has 5 nitrogen and oxygen atoms in total. The van der Waals surface area contributed by atoms with Crippen LogP contribution in [0.5, 0.6) is 0 Å². The maximum atomic E-state index is 11.6. The SMILES string of the molecule is COC(=O)[C@@H](N)CSCNC(=O)c1ccccc1.Cl. The first-order valence-electron chi connectivity index (χ1n) is 5.39. The summed E-state index contributed by atoms with van der Waals surface area (Å²) in [4.78, 5) is 22.6. The smallest absolute Gasteiger partial charge is 0.323 e. The first-order valence-corrected chi connectivity index (χ1v) is 6.55. The Morgan fingerprint density at radius 1 is 1.37 bits per heavy atom. The van der Waals surface area contributed by atoms with Crippen LogP contribution in [0, 0.1) is 0 Å². The minimum atomic E-state index is -0.659. The second kappa shape index (κ2) is 9.66. The Hall–Kier alpha value is -1.24. The Labute approximate surface area is 122 Å². The summed E-state index contributed by atoms with van der Waals surface area (Å²) < 4.78 is 4.49. The van der Waals surface area contributed by atoms with Gasteiger partial charge in [-0.2, -0.15) is 0 Å². The van der Waals surface area contributed by atoms with Crippen LogP contribution in [0.1, 0.15) is 10.4 Å². The van der Waals surface area contributed by atoms with Crippen LogP contribution in [0.2, 0.25) is 0 Å². The molecule has 1 rings (SSSR count). The highest BCUT2D eigenvalue weighted by Gasteiger charge is 2.13. The molecule has 0 unspecified atom stereocenters. The van der Waals surface area contributed by atoms with Gasteiger partial charge in [0.1, 0.15) is 6.04 Å². The van der Waals surface area contributed by atoms with Gasteiger partial charge in [0.15, 0.2) is 0 Å². The van der Waals surface area contributed by atoms with E-state index >= 15 is 0 Å². The van der Waals surface area contributed by atoms with Crippen molar-refractivity contribution in [1.29, 1.82) is 0 Å². The van der Waals surface area contributed by atoms with Crippen molar-refractivity contribution in [2.45, 2.75) is 6.04 Å². The average Bonchev–Trinajstić information content (AvgIpc) is 2.43. The minimum Gasteiger partial charge on any atom is -0.468 e. The van der Waals surface area contributed by atoms with Crippen molar-refractivity contribution >= 4 is 36.0 Å². The average molecular weight is 305 g/mol. The number of nitrogens with two attached hydrogens (primary N) is 1. The molecule has 7 heteroatoms. The quantitative estimate of drug-likeness (QED) is 0.466. The number of rotatable bonds is 6. The van der Waals surface area contributed by atoms with Crippen LogP contribution in [0.25, 0.3) is 0 Å². The fourth-order valence-electron chi connectivity index (χ4n) is 1.21. The van der Waals surface area contributed by atoms with Gasteiger partial charge in [-0.1, -0.05) is 18.2 Å². The van der Waals surface area contributed by atoms with Gasteiger partial charge >= 0.3 is 5.97 Å². The van der Waals surface area contributed by atoms with E-state index in [4.69, 9.17) is 5.73 Å². The largest absolute Gasteiger partial charge is 0.468 e. The molecule has 0 radical (unpaired) electrons. The molecule has 1 aromatic rings. The number of carbonyl (C=O) groups excluding carboxylic acids is 2. The Morgan fingerprint density at radius 3 is 2.58 bits per heavy atom. The number of ether oxygens (including phenoxy) is 1. The highest BCUT2D eigenvalue weighted by atomic mass is 35.5. The number of hydrogen-bond acceptors (Lipinski definition) is 5. The topological polar surface area (TPSA) is 81.4 Å². The van der Waals surface area contributed by atoms with Crippen molar-refractivity contribution in [3.05, 3.63) is 35.9 Å². The van der Waals surface area contributed by atoms with E-state index < -0.39 is 12.0 Å². The number of carbonyl (C=O) groups is 2. The number of hydrogen-bond donors (Lipinski definition) is 2. The molecular formula is C12H17ClN2O3S. The minimum absolute atomic E-state index is 0. The molecule has 0 saturated heterocycles. The van der Waals surface area contributed by atoms with Crippen LogP contribution < -0.4 is 11.1 Å². The first kappa shape index (κ1) is 17.8. The fraction of sp³-hybridized carbons (Fsp3) is 0.333. The summed E-state index contributed by atoms with van der Waals surface area (Å²) in [5.41, 5.74) is 6.15. The number of esters is 1. The van der Waals surface area contributed by atoms with Gasteiger partial charge in [-0.15, -0.1) is 24.2 Å². The van der Waals surface area contributed by atoms with Gasteiger partial charge in [-0.25, -0.2) is 0 Å². The maximum absolute atomic E-state index is 11.6. The van der Waals surface area contributed by atoms with Gasteiger partial charge in [-0.05, 0) is 12.1 Å². The summed E-state index contributed by atoms with van der Waals surface area (Å²) in [7, 11) is 1.30. The molecule has 1 amide bonds. The van der Waals surface area contributed by atoms with Gasteiger partial charge in [0.25, 0.3) is 5.91 Å². The van der Waals surface area contributed by atoms with Crippen molar-refractivity contribution in [1.82, 2.24) is 5.32 Å². The lowest BCUT2D eigenvalue weighted by Gasteiger charge is -2.09. The van der Waals surface area contributed by atoms with Crippen LogP contribution in [0.3, 0.4) is 0 Å². The van der Waals surface area contributed by atoms with Crippen LogP contribution in [0.15, 0.2) is 30.3 Å². The molecule has 0 heterocycles. The van der Waals surface area contributed by atoms with Crippen LogP contribution >= 0.6 is 24.2 Å². The van der Waals surface area contributed by atoms with Crippen molar-refractivity contribution in [3.63, 3.8) is 0 Å².